The normalized spacial score (nSPS) is 11.4. The van der Waals surface area contributed by atoms with Crippen LogP contribution in [-0.2, 0) is 0 Å². The van der Waals surface area contributed by atoms with Crippen LogP contribution in [0.2, 0.25) is 0 Å². The summed E-state index contributed by atoms with van der Waals surface area (Å²) in [6.07, 6.45) is 0. The summed E-state index contributed by atoms with van der Waals surface area (Å²) in [5, 5.41) is 23.1. The summed E-state index contributed by atoms with van der Waals surface area (Å²) in [5.74, 6) is -1.28. The Morgan fingerprint density at radius 2 is 1.17 bits per heavy atom. The van der Waals surface area contributed by atoms with Crippen LogP contribution in [0.5, 0.6) is 17.2 Å². The van der Waals surface area contributed by atoms with Gasteiger partial charge in [-0.05, 0) is 66.9 Å². The monoisotopic (exact) mass is 470 g/mol. The van der Waals surface area contributed by atoms with Gasteiger partial charge in [0, 0.05) is 0 Å². The fourth-order valence-corrected chi connectivity index (χ4v) is 4.40. The maximum atomic E-state index is 13.2. The highest BCUT2D eigenvalue weighted by Crippen LogP contribution is 2.42. The Hall–Kier alpha value is -4.52. The van der Waals surface area contributed by atoms with Crippen molar-refractivity contribution in [3.63, 3.8) is 0 Å². The third-order valence-electron chi connectivity index (χ3n) is 6.17. The van der Waals surface area contributed by atoms with Crippen LogP contribution in [0.1, 0.15) is 33.7 Å². The number of rotatable bonds is 4. The summed E-state index contributed by atoms with van der Waals surface area (Å²) in [7, 11) is 1.52. The predicted octanol–water partition coefficient (Wildman–Crippen LogP) is 5.12. The van der Waals surface area contributed by atoms with E-state index in [1.165, 1.54) is 7.11 Å². The van der Waals surface area contributed by atoms with E-state index in [0.717, 1.165) is 11.1 Å². The molecule has 2 aromatic heterocycles. The van der Waals surface area contributed by atoms with Gasteiger partial charge in [-0.3, -0.25) is 0 Å². The highest BCUT2D eigenvalue weighted by molar-refractivity contribution is 5.87. The van der Waals surface area contributed by atoms with Crippen LogP contribution >= 0.6 is 0 Å². The molecule has 0 aliphatic carbocycles. The Morgan fingerprint density at radius 1 is 0.714 bits per heavy atom. The number of aromatic hydroxyl groups is 2. The van der Waals surface area contributed by atoms with Crippen LogP contribution in [0.15, 0.2) is 79.1 Å². The predicted molar refractivity (Wildman–Crippen MR) is 132 cm³/mol. The van der Waals surface area contributed by atoms with Gasteiger partial charge in [0.2, 0.25) is 0 Å². The van der Waals surface area contributed by atoms with E-state index < -0.39 is 17.2 Å². The fourth-order valence-electron chi connectivity index (χ4n) is 4.40. The van der Waals surface area contributed by atoms with Gasteiger partial charge in [-0.1, -0.05) is 24.3 Å². The van der Waals surface area contributed by atoms with E-state index in [1.54, 1.807) is 60.7 Å². The number of hydrogen-bond acceptors (Lipinski definition) is 7. The highest BCUT2D eigenvalue weighted by Gasteiger charge is 2.32. The zero-order valence-corrected chi connectivity index (χ0v) is 19.3. The molecule has 5 aromatic rings. The summed E-state index contributed by atoms with van der Waals surface area (Å²) in [6.45, 7) is 3.68. The van der Waals surface area contributed by atoms with Crippen LogP contribution in [0.25, 0.3) is 21.9 Å². The van der Waals surface area contributed by atoms with Crippen molar-refractivity contribution in [3.8, 4) is 17.2 Å². The highest BCUT2D eigenvalue weighted by atomic mass is 16.5. The van der Waals surface area contributed by atoms with Crippen molar-refractivity contribution in [2.75, 3.05) is 7.11 Å². The molecule has 0 atom stereocenters. The van der Waals surface area contributed by atoms with Gasteiger partial charge in [0.1, 0.15) is 28.4 Å². The van der Waals surface area contributed by atoms with Gasteiger partial charge >= 0.3 is 11.3 Å². The van der Waals surface area contributed by atoms with Crippen molar-refractivity contribution in [1.82, 2.24) is 0 Å². The first kappa shape index (κ1) is 22.3. The molecule has 2 heterocycles. The lowest BCUT2D eigenvalue weighted by Crippen LogP contribution is -2.21. The van der Waals surface area contributed by atoms with E-state index in [9.17, 15) is 19.8 Å². The molecule has 0 saturated heterocycles. The van der Waals surface area contributed by atoms with Crippen LogP contribution in [0, 0.1) is 13.8 Å². The van der Waals surface area contributed by atoms with E-state index in [-0.39, 0.29) is 33.8 Å². The van der Waals surface area contributed by atoms with Crippen LogP contribution in [-0.4, -0.2) is 17.3 Å². The van der Waals surface area contributed by atoms with Gasteiger partial charge < -0.3 is 23.8 Å². The molecular formula is C28H22O7. The smallest absolute Gasteiger partial charge is 0.344 e. The molecule has 0 fully saturated rings. The summed E-state index contributed by atoms with van der Waals surface area (Å²) < 4.78 is 16.3. The number of ether oxygens (including phenoxy) is 1. The van der Waals surface area contributed by atoms with Crippen molar-refractivity contribution in [2.24, 2.45) is 0 Å². The lowest BCUT2D eigenvalue weighted by atomic mass is 9.84. The van der Waals surface area contributed by atoms with Gasteiger partial charge in [-0.15, -0.1) is 0 Å². The molecule has 0 aliphatic heterocycles. The van der Waals surface area contributed by atoms with Crippen molar-refractivity contribution >= 4 is 21.9 Å². The molecule has 0 unspecified atom stereocenters. The Morgan fingerprint density at radius 3 is 1.60 bits per heavy atom. The first-order chi connectivity index (χ1) is 16.8. The Labute approximate surface area is 199 Å². The quantitative estimate of drug-likeness (QED) is 0.351. The maximum absolute atomic E-state index is 13.2. The van der Waals surface area contributed by atoms with Gasteiger partial charge in [-0.2, -0.15) is 0 Å². The van der Waals surface area contributed by atoms with E-state index in [2.05, 4.69) is 0 Å². The molecular weight excluding hydrogens is 448 g/mol. The average Bonchev–Trinajstić information content (AvgIpc) is 2.82. The van der Waals surface area contributed by atoms with E-state index >= 15 is 0 Å². The largest absolute Gasteiger partial charge is 0.507 e. The minimum Gasteiger partial charge on any atom is -0.507 e. The Bertz CT molecular complexity index is 1600. The summed E-state index contributed by atoms with van der Waals surface area (Å²) >= 11 is 0. The standard InChI is InChI=1S/C28H22O7/c1-14-4-10-18-20(12-14)34-27(31)23(25(18)29)22(16-6-8-17(33-3)9-7-16)24-26(30)19-11-5-15(2)13-21(19)35-28(24)32/h4-13,22,29-30H,1-3H3. The second kappa shape index (κ2) is 8.36. The SMILES string of the molecule is COc1ccc(C(c2c(O)c3ccc(C)cc3oc2=O)c2c(O)c3ccc(C)cc3oc2=O)cc1. The zero-order valence-electron chi connectivity index (χ0n) is 19.3. The van der Waals surface area contributed by atoms with Crippen molar-refractivity contribution in [2.45, 2.75) is 19.8 Å². The summed E-state index contributed by atoms with van der Waals surface area (Å²) in [4.78, 5) is 26.5. The number of methoxy groups -OCH3 is 1. The van der Waals surface area contributed by atoms with Crippen LogP contribution < -0.4 is 16.0 Å². The van der Waals surface area contributed by atoms with E-state index in [4.69, 9.17) is 13.6 Å². The third kappa shape index (κ3) is 3.71. The molecule has 0 saturated carbocycles. The molecule has 35 heavy (non-hydrogen) atoms. The van der Waals surface area contributed by atoms with Crippen molar-refractivity contribution in [3.05, 3.63) is 109 Å². The second-order valence-corrected chi connectivity index (χ2v) is 8.51. The Balaban J connectivity index is 1.88. The molecule has 7 heteroatoms. The maximum Gasteiger partial charge on any atom is 0.344 e. The van der Waals surface area contributed by atoms with Gasteiger partial charge in [-0.25, -0.2) is 9.59 Å². The molecule has 3 aromatic carbocycles. The molecule has 2 N–H and O–H groups in total. The molecule has 0 aliphatic rings. The third-order valence-corrected chi connectivity index (χ3v) is 6.17. The van der Waals surface area contributed by atoms with Crippen molar-refractivity contribution in [1.29, 1.82) is 0 Å². The number of benzene rings is 3. The molecule has 0 amide bonds. The topological polar surface area (TPSA) is 110 Å². The van der Waals surface area contributed by atoms with Gasteiger partial charge in [0.25, 0.3) is 0 Å². The molecule has 0 bridgehead atoms. The lowest BCUT2D eigenvalue weighted by Gasteiger charge is -2.20. The van der Waals surface area contributed by atoms with E-state index in [1.807, 2.05) is 13.8 Å². The first-order valence-corrected chi connectivity index (χ1v) is 10.9. The molecule has 0 radical (unpaired) electrons. The van der Waals surface area contributed by atoms with E-state index in [0.29, 0.717) is 22.1 Å². The summed E-state index contributed by atoms with van der Waals surface area (Å²) in [6, 6.07) is 16.8. The summed E-state index contributed by atoms with van der Waals surface area (Å²) in [5.41, 5.74) is 0.568. The first-order valence-electron chi connectivity index (χ1n) is 10.9. The molecule has 5 rings (SSSR count). The lowest BCUT2D eigenvalue weighted by molar-refractivity contribution is 0.414. The van der Waals surface area contributed by atoms with Gasteiger partial charge in [0.05, 0.1) is 34.9 Å². The number of aryl methyl sites for hydroxylation is 2. The zero-order chi connectivity index (χ0) is 24.9. The van der Waals surface area contributed by atoms with Crippen molar-refractivity contribution < 1.29 is 23.8 Å². The molecule has 176 valence electrons. The van der Waals surface area contributed by atoms with Crippen LogP contribution in [0.3, 0.4) is 0 Å². The minimum atomic E-state index is -1.18. The molecule has 7 nitrogen and oxygen atoms in total. The average molecular weight is 470 g/mol. The second-order valence-electron chi connectivity index (χ2n) is 8.51. The Kier molecular flexibility index (Phi) is 5.32. The number of hydrogen-bond donors (Lipinski definition) is 2. The van der Waals surface area contributed by atoms with Crippen LogP contribution in [0.4, 0.5) is 0 Å². The minimum absolute atomic E-state index is 0.180. The fraction of sp³-hybridized carbons (Fsp3) is 0.143. The molecule has 0 spiro atoms. The number of fused-ring (bicyclic) bond motifs is 2. The van der Waals surface area contributed by atoms with Gasteiger partial charge in [0.15, 0.2) is 0 Å².